The Morgan fingerprint density at radius 2 is 1.79 bits per heavy atom. The van der Waals surface area contributed by atoms with Gasteiger partial charge < -0.3 is 20.1 Å². The Hall–Kier alpha value is -3.02. The van der Waals surface area contributed by atoms with Crippen molar-refractivity contribution in [2.24, 2.45) is 5.92 Å². The smallest absolute Gasteiger partial charge is 0.253 e. The summed E-state index contributed by atoms with van der Waals surface area (Å²) in [6, 6.07) is 12.8. The van der Waals surface area contributed by atoms with Crippen molar-refractivity contribution < 1.29 is 19.1 Å². The monoisotopic (exact) mass is 382 g/mol. The van der Waals surface area contributed by atoms with Gasteiger partial charge in [-0.2, -0.15) is 0 Å². The maximum atomic E-state index is 12.4. The number of fused-ring (bicyclic) bond motifs is 1. The highest BCUT2D eigenvalue weighted by molar-refractivity contribution is 6.03. The zero-order chi connectivity index (χ0) is 19.9. The number of hydrogen-bond acceptors (Lipinski definition) is 4. The molecule has 2 N–H and O–H groups in total. The van der Waals surface area contributed by atoms with Gasteiger partial charge in [0, 0.05) is 13.0 Å². The van der Waals surface area contributed by atoms with Crippen LogP contribution in [0.25, 0.3) is 0 Å². The fourth-order valence-electron chi connectivity index (χ4n) is 2.90. The van der Waals surface area contributed by atoms with E-state index >= 15 is 0 Å². The Morgan fingerprint density at radius 1 is 1.04 bits per heavy atom. The average molecular weight is 382 g/mol. The predicted molar refractivity (Wildman–Crippen MR) is 108 cm³/mol. The minimum absolute atomic E-state index is 0.140. The zero-order valence-electron chi connectivity index (χ0n) is 16.3. The number of rotatable bonds is 7. The van der Waals surface area contributed by atoms with E-state index in [1.807, 2.05) is 32.0 Å². The van der Waals surface area contributed by atoms with Gasteiger partial charge in [0.25, 0.3) is 5.91 Å². The first-order valence-corrected chi connectivity index (χ1v) is 9.58. The molecule has 2 aromatic rings. The summed E-state index contributed by atoms with van der Waals surface area (Å²) in [5, 5.41) is 5.74. The van der Waals surface area contributed by atoms with Gasteiger partial charge in [-0.3, -0.25) is 9.59 Å². The van der Waals surface area contributed by atoms with Gasteiger partial charge in [0.2, 0.25) is 5.91 Å². The summed E-state index contributed by atoms with van der Waals surface area (Å²) in [4.78, 5) is 24.8. The van der Waals surface area contributed by atoms with E-state index < -0.39 is 0 Å². The molecule has 0 aliphatic carbocycles. The van der Waals surface area contributed by atoms with Crippen LogP contribution < -0.4 is 20.1 Å². The molecule has 28 heavy (non-hydrogen) atoms. The number of ether oxygens (including phenoxy) is 2. The molecular weight excluding hydrogens is 356 g/mol. The highest BCUT2D eigenvalue weighted by Gasteiger charge is 2.15. The SMILES string of the molecule is CC(C)CNC(=O)c1ccccc1NC(=O)CCc1ccc2c(c1)OCCO2. The van der Waals surface area contributed by atoms with Crippen LogP contribution in [0.15, 0.2) is 42.5 Å². The van der Waals surface area contributed by atoms with E-state index in [-0.39, 0.29) is 11.8 Å². The predicted octanol–water partition coefficient (Wildman–Crippen LogP) is 3.41. The summed E-state index contributed by atoms with van der Waals surface area (Å²) in [6.45, 7) is 5.74. The Morgan fingerprint density at radius 3 is 2.57 bits per heavy atom. The van der Waals surface area contributed by atoms with Gasteiger partial charge in [-0.15, -0.1) is 0 Å². The summed E-state index contributed by atoms with van der Waals surface area (Å²) in [7, 11) is 0. The quantitative estimate of drug-likeness (QED) is 0.769. The Labute approximate surface area is 165 Å². The van der Waals surface area contributed by atoms with Crippen molar-refractivity contribution >= 4 is 17.5 Å². The molecule has 1 aliphatic rings. The van der Waals surface area contributed by atoms with Gasteiger partial charge in [0.1, 0.15) is 13.2 Å². The van der Waals surface area contributed by atoms with Gasteiger partial charge in [0.15, 0.2) is 11.5 Å². The fraction of sp³-hybridized carbons (Fsp3) is 0.364. The number of hydrogen-bond donors (Lipinski definition) is 2. The molecule has 1 aliphatic heterocycles. The molecular formula is C22H26N2O4. The second kappa shape index (κ2) is 9.26. The number of carbonyl (C=O) groups is 2. The molecule has 0 bridgehead atoms. The van der Waals surface area contributed by atoms with Crippen molar-refractivity contribution in [2.45, 2.75) is 26.7 Å². The van der Waals surface area contributed by atoms with E-state index in [0.29, 0.717) is 49.8 Å². The number of amides is 2. The largest absolute Gasteiger partial charge is 0.486 e. The van der Waals surface area contributed by atoms with Gasteiger partial charge in [-0.1, -0.05) is 32.0 Å². The summed E-state index contributed by atoms with van der Waals surface area (Å²) >= 11 is 0. The lowest BCUT2D eigenvalue weighted by molar-refractivity contribution is -0.116. The van der Waals surface area contributed by atoms with Crippen LogP contribution in [-0.2, 0) is 11.2 Å². The molecule has 0 unspecified atom stereocenters. The van der Waals surface area contributed by atoms with E-state index in [2.05, 4.69) is 10.6 Å². The van der Waals surface area contributed by atoms with Crippen LogP contribution in [0, 0.1) is 5.92 Å². The molecule has 2 aromatic carbocycles. The maximum Gasteiger partial charge on any atom is 0.253 e. The second-order valence-corrected chi connectivity index (χ2v) is 7.18. The molecule has 0 radical (unpaired) electrons. The molecule has 1 heterocycles. The van der Waals surface area contributed by atoms with Crippen LogP contribution in [0.2, 0.25) is 0 Å². The number of anilines is 1. The molecule has 0 saturated carbocycles. The molecule has 0 aromatic heterocycles. The lowest BCUT2D eigenvalue weighted by atomic mass is 10.1. The van der Waals surface area contributed by atoms with Crippen molar-refractivity contribution in [1.82, 2.24) is 5.32 Å². The topological polar surface area (TPSA) is 76.7 Å². The Kier molecular flexibility index (Phi) is 6.53. The number of carbonyl (C=O) groups excluding carboxylic acids is 2. The Balaban J connectivity index is 1.58. The van der Waals surface area contributed by atoms with E-state index in [9.17, 15) is 9.59 Å². The fourth-order valence-corrected chi connectivity index (χ4v) is 2.90. The molecule has 6 nitrogen and oxygen atoms in total. The third kappa shape index (κ3) is 5.25. The molecule has 2 amide bonds. The molecule has 0 spiro atoms. The summed E-state index contributed by atoms with van der Waals surface area (Å²) in [6.07, 6.45) is 0.881. The third-order valence-corrected chi connectivity index (χ3v) is 4.36. The summed E-state index contributed by atoms with van der Waals surface area (Å²) in [5.41, 5.74) is 1.99. The van der Waals surface area contributed by atoms with Gasteiger partial charge >= 0.3 is 0 Å². The summed E-state index contributed by atoms with van der Waals surface area (Å²) < 4.78 is 11.1. The van der Waals surface area contributed by atoms with Crippen LogP contribution in [-0.4, -0.2) is 31.6 Å². The second-order valence-electron chi connectivity index (χ2n) is 7.18. The van der Waals surface area contributed by atoms with E-state index in [4.69, 9.17) is 9.47 Å². The number of nitrogens with one attached hydrogen (secondary N) is 2. The number of benzene rings is 2. The normalized spacial score (nSPS) is 12.5. The van der Waals surface area contributed by atoms with Crippen LogP contribution >= 0.6 is 0 Å². The minimum atomic E-state index is -0.184. The molecule has 0 atom stereocenters. The van der Waals surface area contributed by atoms with Gasteiger partial charge in [-0.25, -0.2) is 0 Å². The van der Waals surface area contributed by atoms with Gasteiger partial charge in [-0.05, 0) is 42.2 Å². The van der Waals surface area contributed by atoms with Crippen LogP contribution in [0.1, 0.15) is 36.2 Å². The number of para-hydroxylation sites is 1. The zero-order valence-corrected chi connectivity index (χ0v) is 16.3. The molecule has 0 saturated heterocycles. The Bertz CT molecular complexity index is 848. The molecule has 0 fully saturated rings. The van der Waals surface area contributed by atoms with Crippen molar-refractivity contribution in [3.63, 3.8) is 0 Å². The van der Waals surface area contributed by atoms with Crippen LogP contribution in [0.5, 0.6) is 11.5 Å². The highest BCUT2D eigenvalue weighted by atomic mass is 16.6. The lowest BCUT2D eigenvalue weighted by Crippen LogP contribution is -2.28. The van der Waals surface area contributed by atoms with E-state index in [0.717, 1.165) is 17.1 Å². The molecule has 6 heteroatoms. The lowest BCUT2D eigenvalue weighted by Gasteiger charge is -2.18. The van der Waals surface area contributed by atoms with E-state index in [1.54, 1.807) is 24.3 Å². The van der Waals surface area contributed by atoms with E-state index in [1.165, 1.54) is 0 Å². The van der Waals surface area contributed by atoms with Gasteiger partial charge in [0.05, 0.1) is 11.3 Å². The third-order valence-electron chi connectivity index (χ3n) is 4.36. The first kappa shape index (κ1) is 19.7. The molecule has 3 rings (SSSR count). The van der Waals surface area contributed by atoms with Crippen molar-refractivity contribution in [1.29, 1.82) is 0 Å². The van der Waals surface area contributed by atoms with Crippen molar-refractivity contribution in [2.75, 3.05) is 25.1 Å². The van der Waals surface area contributed by atoms with Crippen molar-refractivity contribution in [3.8, 4) is 11.5 Å². The average Bonchev–Trinajstić information content (AvgIpc) is 2.70. The van der Waals surface area contributed by atoms with Crippen molar-refractivity contribution in [3.05, 3.63) is 53.6 Å². The minimum Gasteiger partial charge on any atom is -0.486 e. The standard InChI is InChI=1S/C22H26N2O4/c1-15(2)14-23-22(26)17-5-3-4-6-18(17)24-21(25)10-8-16-7-9-19-20(13-16)28-12-11-27-19/h3-7,9,13,15H,8,10-12,14H2,1-2H3,(H,23,26)(H,24,25). The summed E-state index contributed by atoms with van der Waals surface area (Å²) in [5.74, 6) is 1.49. The van der Waals surface area contributed by atoms with Crippen LogP contribution in [0.4, 0.5) is 5.69 Å². The first-order chi connectivity index (χ1) is 13.5. The first-order valence-electron chi connectivity index (χ1n) is 9.58. The maximum absolute atomic E-state index is 12.4. The molecule has 148 valence electrons. The van der Waals surface area contributed by atoms with Crippen LogP contribution in [0.3, 0.4) is 0 Å². The number of aryl methyl sites for hydroxylation is 1. The highest BCUT2D eigenvalue weighted by Crippen LogP contribution is 2.31.